The van der Waals surface area contributed by atoms with E-state index in [1.807, 2.05) is 0 Å². The summed E-state index contributed by atoms with van der Waals surface area (Å²) in [6.07, 6.45) is 1.57. The Kier molecular flexibility index (Phi) is 4.48. The van der Waals surface area contributed by atoms with Gasteiger partial charge in [0.15, 0.2) is 5.16 Å². The summed E-state index contributed by atoms with van der Waals surface area (Å²) < 4.78 is 27.0. The Morgan fingerprint density at radius 3 is 2.67 bits per heavy atom. The van der Waals surface area contributed by atoms with Crippen LogP contribution in [0.3, 0.4) is 0 Å². The Morgan fingerprint density at radius 1 is 1.29 bits per heavy atom. The second-order valence-electron chi connectivity index (χ2n) is 5.24. The number of rotatable bonds is 4. The number of nitrogens with one attached hydrogen (secondary N) is 2. The SMILES string of the molecule is C=CCSc1nc2c(c(=O)[nH]1)[C@@H](c1cc(F)cc(F)c1)CC(=O)N2. The number of anilines is 1. The van der Waals surface area contributed by atoms with Crippen molar-refractivity contribution in [2.75, 3.05) is 11.1 Å². The molecule has 1 aromatic heterocycles. The molecule has 0 unspecified atom stereocenters. The third kappa shape index (κ3) is 3.23. The molecule has 8 heteroatoms. The van der Waals surface area contributed by atoms with Crippen LogP contribution in [0.1, 0.15) is 23.5 Å². The van der Waals surface area contributed by atoms with Gasteiger partial charge in [-0.1, -0.05) is 17.8 Å². The number of hydrogen-bond acceptors (Lipinski definition) is 4. The predicted molar refractivity (Wildman–Crippen MR) is 87.2 cm³/mol. The molecule has 0 fully saturated rings. The maximum absolute atomic E-state index is 13.5. The van der Waals surface area contributed by atoms with Gasteiger partial charge in [0.2, 0.25) is 5.91 Å². The second-order valence-corrected chi connectivity index (χ2v) is 6.25. The Hall–Kier alpha value is -2.48. The highest BCUT2D eigenvalue weighted by atomic mass is 32.2. The molecule has 1 aliphatic heterocycles. The second kappa shape index (κ2) is 6.56. The molecule has 0 saturated heterocycles. The summed E-state index contributed by atoms with van der Waals surface area (Å²) >= 11 is 1.25. The maximum Gasteiger partial charge on any atom is 0.257 e. The van der Waals surface area contributed by atoms with Crippen LogP contribution >= 0.6 is 11.8 Å². The summed E-state index contributed by atoms with van der Waals surface area (Å²) in [4.78, 5) is 31.2. The number of amides is 1. The van der Waals surface area contributed by atoms with Crippen LogP contribution in [0.25, 0.3) is 0 Å². The van der Waals surface area contributed by atoms with Gasteiger partial charge in [-0.25, -0.2) is 13.8 Å². The number of benzene rings is 1. The first-order valence-corrected chi connectivity index (χ1v) is 8.10. The van der Waals surface area contributed by atoms with Crippen molar-refractivity contribution in [2.24, 2.45) is 0 Å². The summed E-state index contributed by atoms with van der Waals surface area (Å²) in [5.41, 5.74) is -0.0221. The van der Waals surface area contributed by atoms with Crippen LogP contribution in [0.4, 0.5) is 14.6 Å². The molecule has 0 aliphatic carbocycles. The molecule has 3 rings (SSSR count). The molecular weight excluding hydrogens is 336 g/mol. The van der Waals surface area contributed by atoms with E-state index < -0.39 is 23.1 Å². The van der Waals surface area contributed by atoms with E-state index in [2.05, 4.69) is 21.9 Å². The number of thioether (sulfide) groups is 1. The van der Waals surface area contributed by atoms with Gasteiger partial charge in [0, 0.05) is 24.2 Å². The predicted octanol–water partition coefficient (Wildman–Crippen LogP) is 2.80. The van der Waals surface area contributed by atoms with Crippen LogP contribution in [0.15, 0.2) is 40.8 Å². The van der Waals surface area contributed by atoms with Crippen molar-refractivity contribution in [3.63, 3.8) is 0 Å². The first-order chi connectivity index (χ1) is 11.5. The maximum atomic E-state index is 13.5. The van der Waals surface area contributed by atoms with Crippen LogP contribution in [0, 0.1) is 11.6 Å². The molecule has 1 aromatic carbocycles. The smallest absolute Gasteiger partial charge is 0.257 e. The lowest BCUT2D eigenvalue weighted by molar-refractivity contribution is -0.116. The van der Waals surface area contributed by atoms with Gasteiger partial charge in [-0.05, 0) is 17.7 Å². The van der Waals surface area contributed by atoms with Crippen molar-refractivity contribution in [3.05, 3.63) is 64.0 Å². The molecule has 5 nitrogen and oxygen atoms in total. The van der Waals surface area contributed by atoms with Crippen LogP contribution in [0.5, 0.6) is 0 Å². The third-order valence-electron chi connectivity index (χ3n) is 3.55. The fourth-order valence-electron chi connectivity index (χ4n) is 2.62. The van der Waals surface area contributed by atoms with E-state index in [0.717, 1.165) is 18.2 Å². The highest BCUT2D eigenvalue weighted by molar-refractivity contribution is 7.99. The van der Waals surface area contributed by atoms with Gasteiger partial charge in [-0.15, -0.1) is 6.58 Å². The molecule has 2 heterocycles. The van der Waals surface area contributed by atoms with E-state index in [9.17, 15) is 18.4 Å². The zero-order valence-electron chi connectivity index (χ0n) is 12.4. The summed E-state index contributed by atoms with van der Waals surface area (Å²) in [7, 11) is 0. The largest absolute Gasteiger partial charge is 0.310 e. The molecule has 0 saturated carbocycles. The van der Waals surface area contributed by atoms with Crippen LogP contribution in [-0.2, 0) is 4.79 Å². The topological polar surface area (TPSA) is 74.8 Å². The number of fused-ring (bicyclic) bond motifs is 1. The molecule has 0 spiro atoms. The molecule has 1 atom stereocenters. The number of aromatic amines is 1. The Morgan fingerprint density at radius 2 is 2.00 bits per heavy atom. The van der Waals surface area contributed by atoms with Crippen LogP contribution in [0.2, 0.25) is 0 Å². The summed E-state index contributed by atoms with van der Waals surface area (Å²) in [6, 6.07) is 2.98. The summed E-state index contributed by atoms with van der Waals surface area (Å²) in [5, 5.41) is 2.89. The first kappa shape index (κ1) is 16.4. The van der Waals surface area contributed by atoms with E-state index in [-0.39, 0.29) is 29.3 Å². The lowest BCUT2D eigenvalue weighted by atomic mass is 9.87. The van der Waals surface area contributed by atoms with Gasteiger partial charge in [-0.2, -0.15) is 0 Å². The van der Waals surface area contributed by atoms with Crippen molar-refractivity contribution in [2.45, 2.75) is 17.5 Å². The normalized spacial score (nSPS) is 16.4. The lowest BCUT2D eigenvalue weighted by Gasteiger charge is -2.24. The molecule has 0 radical (unpaired) electrons. The van der Waals surface area contributed by atoms with Gasteiger partial charge >= 0.3 is 0 Å². The lowest BCUT2D eigenvalue weighted by Crippen LogP contribution is -2.31. The fraction of sp³-hybridized carbons (Fsp3) is 0.188. The number of nitrogens with zero attached hydrogens (tertiary/aromatic N) is 1. The number of hydrogen-bond donors (Lipinski definition) is 2. The molecule has 1 amide bonds. The average Bonchev–Trinajstić information content (AvgIpc) is 2.50. The van der Waals surface area contributed by atoms with Crippen LogP contribution < -0.4 is 10.9 Å². The van der Waals surface area contributed by atoms with Crippen molar-refractivity contribution >= 4 is 23.5 Å². The number of carbonyl (C=O) groups is 1. The highest BCUT2D eigenvalue weighted by Gasteiger charge is 2.31. The summed E-state index contributed by atoms with van der Waals surface area (Å²) in [5.74, 6) is -1.99. The number of carbonyl (C=O) groups excluding carboxylic acids is 1. The summed E-state index contributed by atoms with van der Waals surface area (Å²) in [6.45, 7) is 3.58. The van der Waals surface area contributed by atoms with Gasteiger partial charge in [0.1, 0.15) is 17.5 Å². The van der Waals surface area contributed by atoms with E-state index >= 15 is 0 Å². The zero-order valence-corrected chi connectivity index (χ0v) is 13.3. The minimum absolute atomic E-state index is 0.0835. The molecular formula is C16H13F2N3O2S. The minimum atomic E-state index is -0.764. The third-order valence-corrected chi connectivity index (χ3v) is 4.42. The number of aromatic nitrogens is 2. The monoisotopic (exact) mass is 349 g/mol. The van der Waals surface area contributed by atoms with Crippen molar-refractivity contribution < 1.29 is 13.6 Å². The number of H-pyrrole nitrogens is 1. The quantitative estimate of drug-likeness (QED) is 0.506. The Balaban J connectivity index is 2.10. The Labute approximate surface area is 140 Å². The van der Waals surface area contributed by atoms with E-state index in [1.165, 1.54) is 11.8 Å². The minimum Gasteiger partial charge on any atom is -0.310 e. The molecule has 124 valence electrons. The molecule has 0 bridgehead atoms. The van der Waals surface area contributed by atoms with Gasteiger partial charge in [-0.3, -0.25) is 9.59 Å². The molecule has 1 aliphatic rings. The molecule has 2 N–H and O–H groups in total. The Bertz CT molecular complexity index is 862. The van der Waals surface area contributed by atoms with Gasteiger partial charge in [0.25, 0.3) is 5.56 Å². The first-order valence-electron chi connectivity index (χ1n) is 7.11. The van der Waals surface area contributed by atoms with E-state index in [1.54, 1.807) is 6.08 Å². The molecule has 24 heavy (non-hydrogen) atoms. The van der Waals surface area contributed by atoms with Crippen molar-refractivity contribution in [3.8, 4) is 0 Å². The van der Waals surface area contributed by atoms with Gasteiger partial charge in [0.05, 0.1) is 5.56 Å². The van der Waals surface area contributed by atoms with Crippen molar-refractivity contribution in [1.29, 1.82) is 0 Å². The zero-order chi connectivity index (χ0) is 17.3. The van der Waals surface area contributed by atoms with Gasteiger partial charge < -0.3 is 10.3 Å². The number of halogens is 2. The van der Waals surface area contributed by atoms with Crippen LogP contribution in [-0.4, -0.2) is 21.6 Å². The highest BCUT2D eigenvalue weighted by Crippen LogP contribution is 2.34. The van der Waals surface area contributed by atoms with E-state index in [0.29, 0.717) is 10.9 Å². The molecule has 2 aromatic rings. The standard InChI is InChI=1S/C16H13F2N3O2S/c1-2-3-24-16-20-14-13(15(23)21-16)11(7-12(22)19-14)8-4-9(17)6-10(18)5-8/h2,4-6,11H,1,3,7H2,(H2,19,20,21,22,23)/t11-/m1/s1. The van der Waals surface area contributed by atoms with Crippen molar-refractivity contribution in [1.82, 2.24) is 9.97 Å². The fourth-order valence-corrected chi connectivity index (χ4v) is 3.21. The average molecular weight is 349 g/mol. The van der Waals surface area contributed by atoms with E-state index in [4.69, 9.17) is 0 Å².